The Kier molecular flexibility index (Phi) is 6.12. The van der Waals surface area contributed by atoms with Crippen LogP contribution < -0.4 is 5.32 Å². The van der Waals surface area contributed by atoms with Gasteiger partial charge in [-0.05, 0) is 25.2 Å². The first-order valence-corrected chi connectivity index (χ1v) is 7.31. The quantitative estimate of drug-likeness (QED) is 0.712. The Morgan fingerprint density at radius 3 is 2.42 bits per heavy atom. The van der Waals surface area contributed by atoms with Gasteiger partial charge in [-0.1, -0.05) is 33.6 Å². The predicted octanol–water partition coefficient (Wildman–Crippen LogP) is 2.46. The summed E-state index contributed by atoms with van der Waals surface area (Å²) in [6, 6.07) is -0.693. The Hall–Kier alpha value is -1.26. The molecule has 1 saturated carbocycles. The Balaban J connectivity index is 2.60. The average molecular weight is 270 g/mol. The van der Waals surface area contributed by atoms with E-state index in [1.165, 1.54) is 0 Å². The molecule has 0 aromatic rings. The summed E-state index contributed by atoms with van der Waals surface area (Å²) in [5.41, 5.74) is 0. The van der Waals surface area contributed by atoms with Gasteiger partial charge < -0.3 is 15.3 Å². The second-order valence-electron chi connectivity index (χ2n) is 5.43. The van der Waals surface area contributed by atoms with Crippen LogP contribution in [0, 0.1) is 5.92 Å². The molecule has 0 saturated heterocycles. The van der Waals surface area contributed by atoms with Crippen LogP contribution in [0.2, 0.25) is 0 Å². The number of aliphatic carboxylic acids is 1. The molecule has 1 rings (SSSR count). The standard InChI is InChI=1S/C14H26N2O3/c1-4-6-9-16(11-7-8-11)14(19)15-12(13(17)18)10(3)5-2/h10-12H,4-9H2,1-3H3,(H,15,19)(H,17,18). The lowest BCUT2D eigenvalue weighted by Gasteiger charge is -2.27. The molecule has 0 aromatic carbocycles. The monoisotopic (exact) mass is 270 g/mol. The van der Waals surface area contributed by atoms with Gasteiger partial charge in [-0.2, -0.15) is 0 Å². The number of nitrogens with zero attached hydrogens (tertiary/aromatic N) is 1. The Morgan fingerprint density at radius 1 is 1.37 bits per heavy atom. The summed E-state index contributed by atoms with van der Waals surface area (Å²) in [7, 11) is 0. The minimum atomic E-state index is -0.950. The van der Waals surface area contributed by atoms with Gasteiger partial charge in [-0.15, -0.1) is 0 Å². The largest absolute Gasteiger partial charge is 0.480 e. The second-order valence-corrected chi connectivity index (χ2v) is 5.43. The first-order chi connectivity index (χ1) is 9.01. The minimum Gasteiger partial charge on any atom is -0.480 e. The van der Waals surface area contributed by atoms with E-state index < -0.39 is 12.0 Å². The normalized spacial score (nSPS) is 17.6. The molecule has 2 N–H and O–H groups in total. The molecule has 1 fully saturated rings. The fourth-order valence-electron chi connectivity index (χ4n) is 2.06. The summed E-state index contributed by atoms with van der Waals surface area (Å²) in [4.78, 5) is 25.2. The second kappa shape index (κ2) is 7.36. The van der Waals surface area contributed by atoms with E-state index in [9.17, 15) is 14.7 Å². The number of rotatable bonds is 8. The maximum atomic E-state index is 12.2. The van der Waals surface area contributed by atoms with Crippen molar-refractivity contribution in [3.8, 4) is 0 Å². The van der Waals surface area contributed by atoms with Crippen molar-refractivity contribution in [1.29, 1.82) is 0 Å². The molecule has 0 bridgehead atoms. The molecule has 2 amide bonds. The maximum absolute atomic E-state index is 12.2. The molecular formula is C14H26N2O3. The van der Waals surface area contributed by atoms with Gasteiger partial charge in [0.2, 0.25) is 0 Å². The van der Waals surface area contributed by atoms with Gasteiger partial charge in [-0.25, -0.2) is 9.59 Å². The van der Waals surface area contributed by atoms with Crippen LogP contribution >= 0.6 is 0 Å². The van der Waals surface area contributed by atoms with Crippen LogP contribution in [0.1, 0.15) is 52.9 Å². The van der Waals surface area contributed by atoms with E-state index in [0.717, 1.165) is 38.6 Å². The van der Waals surface area contributed by atoms with Crippen molar-refractivity contribution in [2.45, 2.75) is 65.0 Å². The van der Waals surface area contributed by atoms with Crippen molar-refractivity contribution in [3.63, 3.8) is 0 Å². The number of nitrogens with one attached hydrogen (secondary N) is 1. The summed E-state index contributed by atoms with van der Waals surface area (Å²) in [5, 5.41) is 11.9. The number of amides is 2. The van der Waals surface area contributed by atoms with Crippen LogP contribution in [0.4, 0.5) is 4.79 Å². The van der Waals surface area contributed by atoms with Gasteiger partial charge in [0.15, 0.2) is 0 Å². The van der Waals surface area contributed by atoms with Gasteiger partial charge in [-0.3, -0.25) is 0 Å². The van der Waals surface area contributed by atoms with Crippen LogP contribution in [0.15, 0.2) is 0 Å². The van der Waals surface area contributed by atoms with Crippen LogP contribution in [0.25, 0.3) is 0 Å². The predicted molar refractivity (Wildman–Crippen MR) is 74.0 cm³/mol. The number of hydrogen-bond acceptors (Lipinski definition) is 2. The lowest BCUT2D eigenvalue weighted by atomic mass is 9.99. The molecule has 0 aromatic heterocycles. The molecule has 0 spiro atoms. The van der Waals surface area contributed by atoms with Crippen LogP contribution in [-0.2, 0) is 4.79 Å². The highest BCUT2D eigenvalue weighted by Crippen LogP contribution is 2.27. The van der Waals surface area contributed by atoms with Crippen molar-refractivity contribution in [2.24, 2.45) is 5.92 Å². The lowest BCUT2D eigenvalue weighted by Crippen LogP contribution is -2.51. The molecule has 5 heteroatoms. The Morgan fingerprint density at radius 2 is 2.00 bits per heavy atom. The highest BCUT2D eigenvalue weighted by atomic mass is 16.4. The highest BCUT2D eigenvalue weighted by molar-refractivity contribution is 5.83. The zero-order chi connectivity index (χ0) is 14.4. The topological polar surface area (TPSA) is 69.6 Å². The van der Waals surface area contributed by atoms with E-state index in [-0.39, 0.29) is 11.9 Å². The highest BCUT2D eigenvalue weighted by Gasteiger charge is 2.34. The Bertz CT molecular complexity index is 316. The molecule has 110 valence electrons. The number of urea groups is 1. The third-order valence-electron chi connectivity index (χ3n) is 3.76. The van der Waals surface area contributed by atoms with E-state index in [1.54, 1.807) is 0 Å². The van der Waals surface area contributed by atoms with E-state index in [1.807, 2.05) is 18.7 Å². The lowest BCUT2D eigenvalue weighted by molar-refractivity contribution is -0.140. The molecule has 0 heterocycles. The molecule has 0 aliphatic heterocycles. The molecule has 1 aliphatic carbocycles. The summed E-state index contributed by atoms with van der Waals surface area (Å²) in [5.74, 6) is -1.01. The van der Waals surface area contributed by atoms with Gasteiger partial charge in [0.05, 0.1) is 0 Å². The Labute approximate surface area is 115 Å². The number of unbranched alkanes of at least 4 members (excludes halogenated alkanes) is 1. The van der Waals surface area contributed by atoms with E-state index in [4.69, 9.17) is 0 Å². The summed E-state index contributed by atoms with van der Waals surface area (Å²) < 4.78 is 0. The SMILES string of the molecule is CCCCN(C(=O)NC(C(=O)O)C(C)CC)C1CC1. The smallest absolute Gasteiger partial charge is 0.326 e. The molecule has 5 nitrogen and oxygen atoms in total. The molecule has 1 aliphatic rings. The molecule has 2 atom stereocenters. The van der Waals surface area contributed by atoms with Gasteiger partial charge in [0.25, 0.3) is 0 Å². The molecule has 19 heavy (non-hydrogen) atoms. The van der Waals surface area contributed by atoms with Gasteiger partial charge in [0.1, 0.15) is 6.04 Å². The third-order valence-corrected chi connectivity index (χ3v) is 3.76. The number of carboxylic acid groups (broad SMARTS) is 1. The fourth-order valence-corrected chi connectivity index (χ4v) is 2.06. The van der Waals surface area contributed by atoms with Crippen molar-refractivity contribution in [3.05, 3.63) is 0 Å². The number of carbonyl (C=O) groups excluding carboxylic acids is 1. The number of carboxylic acids is 1. The maximum Gasteiger partial charge on any atom is 0.326 e. The van der Waals surface area contributed by atoms with Crippen molar-refractivity contribution >= 4 is 12.0 Å². The minimum absolute atomic E-state index is 0.0614. The molecule has 0 radical (unpaired) electrons. The van der Waals surface area contributed by atoms with Crippen LogP contribution in [-0.4, -0.2) is 40.6 Å². The molecular weight excluding hydrogens is 244 g/mol. The van der Waals surface area contributed by atoms with Crippen molar-refractivity contribution in [2.75, 3.05) is 6.54 Å². The summed E-state index contributed by atoms with van der Waals surface area (Å²) in [6.07, 6.45) is 4.81. The number of carbonyl (C=O) groups is 2. The van der Waals surface area contributed by atoms with Crippen molar-refractivity contribution in [1.82, 2.24) is 10.2 Å². The first kappa shape index (κ1) is 15.8. The van der Waals surface area contributed by atoms with Crippen molar-refractivity contribution < 1.29 is 14.7 Å². The zero-order valence-electron chi connectivity index (χ0n) is 12.2. The molecule has 2 unspecified atom stereocenters. The van der Waals surface area contributed by atoms with Gasteiger partial charge in [0, 0.05) is 12.6 Å². The van der Waals surface area contributed by atoms with Crippen LogP contribution in [0.5, 0.6) is 0 Å². The van der Waals surface area contributed by atoms with Crippen LogP contribution in [0.3, 0.4) is 0 Å². The van der Waals surface area contributed by atoms with E-state index >= 15 is 0 Å². The zero-order valence-corrected chi connectivity index (χ0v) is 12.2. The third kappa shape index (κ3) is 4.73. The summed E-state index contributed by atoms with van der Waals surface area (Å²) >= 11 is 0. The average Bonchev–Trinajstić information content (AvgIpc) is 3.19. The van der Waals surface area contributed by atoms with Gasteiger partial charge >= 0.3 is 12.0 Å². The number of hydrogen-bond donors (Lipinski definition) is 2. The van der Waals surface area contributed by atoms with E-state index in [0.29, 0.717) is 6.04 Å². The van der Waals surface area contributed by atoms with E-state index in [2.05, 4.69) is 12.2 Å². The first-order valence-electron chi connectivity index (χ1n) is 7.31. The summed E-state index contributed by atoms with van der Waals surface area (Å²) in [6.45, 7) is 6.59. The fraction of sp³-hybridized carbons (Fsp3) is 0.857.